The van der Waals surface area contributed by atoms with E-state index in [0.717, 1.165) is 22.4 Å². The van der Waals surface area contributed by atoms with E-state index in [9.17, 15) is 0 Å². The Morgan fingerprint density at radius 1 is 1.00 bits per heavy atom. The van der Waals surface area contributed by atoms with Crippen molar-refractivity contribution in [2.75, 3.05) is 7.11 Å². The molecule has 2 nitrogen and oxygen atoms in total. The maximum atomic E-state index is 7.34. The zero-order valence-corrected chi connectivity index (χ0v) is 9.10. The standard InChI is InChI=1S/C14H13NO/c1-16-14-12(10-15)8-5-9-13(14)11-6-3-2-4-7-11/h2-10,15H,1H3. The zero-order chi connectivity index (χ0) is 11.4. The molecule has 0 radical (unpaired) electrons. The molecule has 0 amide bonds. The number of ether oxygens (including phenoxy) is 1. The van der Waals surface area contributed by atoms with Crippen LogP contribution in [0.4, 0.5) is 0 Å². The molecule has 0 atom stereocenters. The minimum absolute atomic E-state index is 0.753. The number of rotatable bonds is 3. The number of methoxy groups -OCH3 is 1. The van der Waals surface area contributed by atoms with E-state index in [4.69, 9.17) is 10.1 Å². The van der Waals surface area contributed by atoms with Gasteiger partial charge in [-0.05, 0) is 11.6 Å². The lowest BCUT2D eigenvalue weighted by molar-refractivity contribution is 0.416. The van der Waals surface area contributed by atoms with Crippen LogP contribution in [0.25, 0.3) is 11.1 Å². The van der Waals surface area contributed by atoms with Crippen molar-refractivity contribution in [1.29, 1.82) is 5.41 Å². The van der Waals surface area contributed by atoms with Gasteiger partial charge in [0.2, 0.25) is 0 Å². The molecule has 2 rings (SSSR count). The van der Waals surface area contributed by atoms with Gasteiger partial charge in [0.1, 0.15) is 5.75 Å². The zero-order valence-electron chi connectivity index (χ0n) is 9.10. The highest BCUT2D eigenvalue weighted by atomic mass is 16.5. The lowest BCUT2D eigenvalue weighted by atomic mass is 10.0. The average Bonchev–Trinajstić information content (AvgIpc) is 2.38. The number of para-hydroxylation sites is 1. The van der Waals surface area contributed by atoms with Crippen LogP contribution in [0.1, 0.15) is 5.56 Å². The third kappa shape index (κ3) is 1.82. The van der Waals surface area contributed by atoms with Gasteiger partial charge in [0.15, 0.2) is 0 Å². The van der Waals surface area contributed by atoms with Gasteiger partial charge in [-0.2, -0.15) is 0 Å². The Hall–Kier alpha value is -2.09. The van der Waals surface area contributed by atoms with Gasteiger partial charge in [-0.1, -0.05) is 42.5 Å². The van der Waals surface area contributed by atoms with Crippen molar-refractivity contribution in [2.45, 2.75) is 0 Å². The molecule has 0 spiro atoms. The summed E-state index contributed by atoms with van der Waals surface area (Å²) in [5.74, 6) is 0.753. The highest BCUT2D eigenvalue weighted by Crippen LogP contribution is 2.31. The van der Waals surface area contributed by atoms with Crippen LogP contribution in [-0.4, -0.2) is 13.3 Å². The highest BCUT2D eigenvalue weighted by molar-refractivity contribution is 5.87. The smallest absolute Gasteiger partial charge is 0.135 e. The molecule has 0 aliphatic rings. The first-order chi connectivity index (χ1) is 7.86. The van der Waals surface area contributed by atoms with Crippen molar-refractivity contribution in [1.82, 2.24) is 0 Å². The highest BCUT2D eigenvalue weighted by Gasteiger charge is 2.08. The lowest BCUT2D eigenvalue weighted by Gasteiger charge is -2.10. The van der Waals surface area contributed by atoms with Gasteiger partial charge < -0.3 is 10.1 Å². The molecule has 0 fully saturated rings. The second-order valence-corrected chi connectivity index (χ2v) is 3.44. The van der Waals surface area contributed by atoms with Crippen molar-refractivity contribution in [2.24, 2.45) is 0 Å². The normalized spacial score (nSPS) is 9.81. The van der Waals surface area contributed by atoms with Gasteiger partial charge in [-0.3, -0.25) is 0 Å². The summed E-state index contributed by atoms with van der Waals surface area (Å²) < 4.78 is 5.37. The van der Waals surface area contributed by atoms with Gasteiger partial charge in [0.05, 0.1) is 7.11 Å². The first-order valence-corrected chi connectivity index (χ1v) is 5.09. The lowest BCUT2D eigenvalue weighted by Crippen LogP contribution is -1.93. The van der Waals surface area contributed by atoms with Crippen molar-refractivity contribution >= 4 is 6.21 Å². The maximum absolute atomic E-state index is 7.34. The van der Waals surface area contributed by atoms with E-state index in [2.05, 4.69) is 0 Å². The van der Waals surface area contributed by atoms with Crippen LogP contribution in [0, 0.1) is 5.41 Å². The first kappa shape index (κ1) is 10.4. The summed E-state index contributed by atoms with van der Waals surface area (Å²) in [4.78, 5) is 0. The Kier molecular flexibility index (Phi) is 3.01. The van der Waals surface area contributed by atoms with Crippen molar-refractivity contribution in [3.05, 3.63) is 54.1 Å². The van der Waals surface area contributed by atoms with Crippen LogP contribution in [0.15, 0.2) is 48.5 Å². The molecule has 0 heterocycles. The van der Waals surface area contributed by atoms with E-state index in [1.807, 2.05) is 48.5 Å². The Morgan fingerprint density at radius 2 is 1.75 bits per heavy atom. The molecule has 0 bridgehead atoms. The van der Waals surface area contributed by atoms with Crippen LogP contribution in [0.2, 0.25) is 0 Å². The number of hydrogen-bond acceptors (Lipinski definition) is 2. The molecular formula is C14H13NO. The van der Waals surface area contributed by atoms with E-state index in [1.54, 1.807) is 7.11 Å². The molecule has 1 N–H and O–H groups in total. The minimum Gasteiger partial charge on any atom is -0.495 e. The van der Waals surface area contributed by atoms with Gasteiger partial charge in [-0.25, -0.2) is 0 Å². The third-order valence-electron chi connectivity index (χ3n) is 2.49. The van der Waals surface area contributed by atoms with Crippen LogP contribution >= 0.6 is 0 Å². The molecule has 80 valence electrons. The topological polar surface area (TPSA) is 33.1 Å². The quantitative estimate of drug-likeness (QED) is 0.776. The Morgan fingerprint density at radius 3 is 2.38 bits per heavy atom. The second kappa shape index (κ2) is 4.62. The molecule has 0 aliphatic carbocycles. The van der Waals surface area contributed by atoms with Crippen LogP contribution in [0.3, 0.4) is 0 Å². The number of benzene rings is 2. The first-order valence-electron chi connectivity index (χ1n) is 5.09. The fraction of sp³-hybridized carbons (Fsp3) is 0.0714. The maximum Gasteiger partial charge on any atom is 0.135 e. The summed E-state index contributed by atoms with van der Waals surface area (Å²) >= 11 is 0. The van der Waals surface area contributed by atoms with Gasteiger partial charge in [0.25, 0.3) is 0 Å². The molecule has 2 aromatic rings. The summed E-state index contributed by atoms with van der Waals surface area (Å²) in [6.45, 7) is 0. The SMILES string of the molecule is COc1c(C=N)cccc1-c1ccccc1. The predicted molar refractivity (Wildman–Crippen MR) is 66.3 cm³/mol. The van der Waals surface area contributed by atoms with E-state index >= 15 is 0 Å². The molecule has 0 aliphatic heterocycles. The molecule has 16 heavy (non-hydrogen) atoms. The van der Waals surface area contributed by atoms with Crippen LogP contribution < -0.4 is 4.74 Å². The molecule has 0 saturated heterocycles. The Balaban J connectivity index is 2.61. The third-order valence-corrected chi connectivity index (χ3v) is 2.49. The van der Waals surface area contributed by atoms with Crippen molar-refractivity contribution in [3.63, 3.8) is 0 Å². The summed E-state index contributed by atoms with van der Waals surface area (Å²) in [6.07, 6.45) is 1.31. The molecule has 0 saturated carbocycles. The summed E-state index contributed by atoms with van der Waals surface area (Å²) in [5.41, 5.74) is 2.91. The molecule has 0 unspecified atom stereocenters. The second-order valence-electron chi connectivity index (χ2n) is 3.44. The monoisotopic (exact) mass is 211 g/mol. The summed E-state index contributed by atoms with van der Waals surface area (Å²) in [7, 11) is 1.63. The van der Waals surface area contributed by atoms with E-state index in [1.165, 1.54) is 6.21 Å². The number of nitrogens with one attached hydrogen (secondary N) is 1. The number of hydrogen-bond donors (Lipinski definition) is 1. The minimum atomic E-state index is 0.753. The Labute approximate surface area is 95.0 Å². The van der Waals surface area contributed by atoms with Gasteiger partial charge in [0, 0.05) is 17.3 Å². The van der Waals surface area contributed by atoms with E-state index in [0.29, 0.717) is 0 Å². The average molecular weight is 211 g/mol. The van der Waals surface area contributed by atoms with Crippen molar-refractivity contribution < 1.29 is 4.74 Å². The molecule has 2 aromatic carbocycles. The molecular weight excluding hydrogens is 198 g/mol. The van der Waals surface area contributed by atoms with Gasteiger partial charge >= 0.3 is 0 Å². The fourth-order valence-electron chi connectivity index (χ4n) is 1.74. The molecule has 2 heteroatoms. The van der Waals surface area contributed by atoms with Crippen LogP contribution in [0.5, 0.6) is 5.75 Å². The van der Waals surface area contributed by atoms with Crippen LogP contribution in [-0.2, 0) is 0 Å². The summed E-state index contributed by atoms with van der Waals surface area (Å²) in [5, 5.41) is 7.34. The van der Waals surface area contributed by atoms with Crippen molar-refractivity contribution in [3.8, 4) is 16.9 Å². The predicted octanol–water partition coefficient (Wildman–Crippen LogP) is 3.36. The molecule has 0 aromatic heterocycles. The van der Waals surface area contributed by atoms with E-state index in [-0.39, 0.29) is 0 Å². The van der Waals surface area contributed by atoms with E-state index < -0.39 is 0 Å². The largest absolute Gasteiger partial charge is 0.495 e. The summed E-state index contributed by atoms with van der Waals surface area (Å²) in [6, 6.07) is 15.8. The van der Waals surface area contributed by atoms with Gasteiger partial charge in [-0.15, -0.1) is 0 Å². The fourth-order valence-corrected chi connectivity index (χ4v) is 1.74. The Bertz CT molecular complexity index is 491.